The van der Waals surface area contributed by atoms with Gasteiger partial charge >= 0.3 is 11.9 Å². The molecule has 0 N–H and O–H groups in total. The smallest absolute Gasteiger partial charge is 0.338 e. The molecule has 0 radical (unpaired) electrons. The number of nitro groups is 1. The van der Waals surface area contributed by atoms with E-state index < -0.39 is 35.1 Å². The van der Waals surface area contributed by atoms with Gasteiger partial charge in [-0.3, -0.25) is 14.9 Å². The van der Waals surface area contributed by atoms with Crippen LogP contribution in [0, 0.1) is 21.4 Å². The van der Waals surface area contributed by atoms with Crippen molar-refractivity contribution >= 4 is 29.2 Å². The van der Waals surface area contributed by atoms with Crippen molar-refractivity contribution in [1.82, 2.24) is 0 Å². The number of amides is 1. The minimum absolute atomic E-state index is 0.0714. The highest BCUT2D eigenvalue weighted by Gasteiger charge is 2.21. The molecule has 2 rings (SSSR count). The third-order valence-corrected chi connectivity index (χ3v) is 3.93. The second kappa shape index (κ2) is 10.3. The zero-order valence-electron chi connectivity index (χ0n) is 15.9. The minimum atomic E-state index is -1.02. The Kier molecular flexibility index (Phi) is 7.59. The van der Waals surface area contributed by atoms with Crippen LogP contribution < -0.4 is 4.90 Å². The predicted molar refractivity (Wildman–Crippen MR) is 104 cm³/mol. The number of carbonyl (C=O) groups excluding carboxylic acids is 3. The number of anilines is 1. The van der Waals surface area contributed by atoms with Gasteiger partial charge in [-0.2, -0.15) is 5.26 Å². The summed E-state index contributed by atoms with van der Waals surface area (Å²) in [7, 11) is 1.09. The number of rotatable bonds is 8. The summed E-state index contributed by atoms with van der Waals surface area (Å²) in [6.45, 7) is -0.560. The number of hydrogen-bond acceptors (Lipinski definition) is 8. The van der Waals surface area contributed by atoms with Crippen molar-refractivity contribution in [1.29, 1.82) is 5.26 Å². The highest BCUT2D eigenvalue weighted by molar-refractivity contribution is 5.99. The molecule has 0 spiro atoms. The van der Waals surface area contributed by atoms with Crippen LogP contribution in [-0.4, -0.2) is 43.0 Å². The fraction of sp³-hybridized carbons (Fsp3) is 0.200. The van der Waals surface area contributed by atoms with Crippen LogP contribution in [-0.2, 0) is 14.3 Å². The van der Waals surface area contributed by atoms with E-state index in [1.165, 1.54) is 4.90 Å². The Morgan fingerprint density at radius 3 is 2.30 bits per heavy atom. The van der Waals surface area contributed by atoms with Crippen LogP contribution in [0.4, 0.5) is 11.4 Å². The molecule has 0 aromatic heterocycles. The van der Waals surface area contributed by atoms with Gasteiger partial charge < -0.3 is 14.4 Å². The topological polar surface area (TPSA) is 140 Å². The molecule has 0 fully saturated rings. The number of para-hydroxylation sites is 1. The van der Waals surface area contributed by atoms with E-state index in [0.717, 1.165) is 25.3 Å². The van der Waals surface area contributed by atoms with E-state index in [1.807, 2.05) is 6.07 Å². The van der Waals surface area contributed by atoms with Gasteiger partial charge in [0.25, 0.3) is 11.6 Å². The van der Waals surface area contributed by atoms with Crippen LogP contribution in [0.3, 0.4) is 0 Å². The van der Waals surface area contributed by atoms with Crippen molar-refractivity contribution in [2.24, 2.45) is 0 Å². The lowest BCUT2D eigenvalue weighted by Crippen LogP contribution is -2.35. The Hall–Kier alpha value is -4.26. The van der Waals surface area contributed by atoms with Crippen molar-refractivity contribution in [3.63, 3.8) is 0 Å². The lowest BCUT2D eigenvalue weighted by atomic mass is 10.1. The van der Waals surface area contributed by atoms with E-state index in [4.69, 9.17) is 10.00 Å². The number of benzene rings is 2. The van der Waals surface area contributed by atoms with Crippen LogP contribution in [0.2, 0.25) is 0 Å². The molecule has 0 aliphatic heterocycles. The number of nitro benzene ring substituents is 1. The summed E-state index contributed by atoms with van der Waals surface area (Å²) in [5, 5.41) is 19.9. The zero-order valence-corrected chi connectivity index (χ0v) is 15.9. The normalized spacial score (nSPS) is 9.87. The SMILES string of the molecule is COC(=O)c1cc(C(=O)OCC(=O)N(CCC#N)c2ccccc2)cc([N+](=O)[O-])c1. The average Bonchev–Trinajstić information content (AvgIpc) is 2.77. The number of hydrogen-bond donors (Lipinski definition) is 0. The first-order valence-electron chi connectivity index (χ1n) is 8.64. The molecule has 0 bridgehead atoms. The largest absolute Gasteiger partial charge is 0.465 e. The second-order valence-corrected chi connectivity index (χ2v) is 5.88. The summed E-state index contributed by atoms with van der Waals surface area (Å²) in [5.74, 6) is -2.47. The molecule has 0 unspecified atom stereocenters. The summed E-state index contributed by atoms with van der Waals surface area (Å²) in [5.41, 5.74) is -0.459. The molecule has 154 valence electrons. The molecule has 2 aromatic carbocycles. The summed E-state index contributed by atoms with van der Waals surface area (Å²) in [4.78, 5) is 48.2. The fourth-order valence-electron chi connectivity index (χ4n) is 2.53. The Labute approximate surface area is 171 Å². The number of esters is 2. The van der Waals surface area contributed by atoms with Crippen LogP contribution >= 0.6 is 0 Å². The van der Waals surface area contributed by atoms with Gasteiger partial charge in [0.05, 0.1) is 35.7 Å². The highest BCUT2D eigenvalue weighted by Crippen LogP contribution is 2.19. The lowest BCUT2D eigenvalue weighted by molar-refractivity contribution is -0.384. The lowest BCUT2D eigenvalue weighted by Gasteiger charge is -2.21. The molecule has 0 aliphatic rings. The molecule has 2 aromatic rings. The van der Waals surface area contributed by atoms with E-state index in [2.05, 4.69) is 4.74 Å². The number of carbonyl (C=O) groups is 3. The van der Waals surface area contributed by atoms with E-state index in [1.54, 1.807) is 30.3 Å². The monoisotopic (exact) mass is 411 g/mol. The van der Waals surface area contributed by atoms with Crippen molar-refractivity contribution in [2.45, 2.75) is 6.42 Å². The molecule has 10 heteroatoms. The number of nitriles is 1. The molecule has 0 heterocycles. The molecular weight excluding hydrogens is 394 g/mol. The Morgan fingerprint density at radius 2 is 1.73 bits per heavy atom. The van der Waals surface area contributed by atoms with Gasteiger partial charge in [0, 0.05) is 24.4 Å². The van der Waals surface area contributed by atoms with Crippen molar-refractivity contribution in [3.05, 3.63) is 69.8 Å². The molecule has 10 nitrogen and oxygen atoms in total. The first-order chi connectivity index (χ1) is 14.4. The molecule has 1 amide bonds. The van der Waals surface area contributed by atoms with Crippen LogP contribution in [0.5, 0.6) is 0 Å². The van der Waals surface area contributed by atoms with E-state index in [-0.39, 0.29) is 24.1 Å². The fourth-order valence-corrected chi connectivity index (χ4v) is 2.53. The van der Waals surface area contributed by atoms with Crippen LogP contribution in [0.25, 0.3) is 0 Å². The molecule has 0 saturated heterocycles. The van der Waals surface area contributed by atoms with Gasteiger partial charge in [-0.1, -0.05) is 18.2 Å². The summed E-state index contributed by atoms with van der Waals surface area (Å²) in [6, 6.07) is 13.4. The third-order valence-electron chi connectivity index (χ3n) is 3.93. The van der Waals surface area contributed by atoms with E-state index >= 15 is 0 Å². The van der Waals surface area contributed by atoms with Crippen LogP contribution in [0.1, 0.15) is 27.1 Å². The van der Waals surface area contributed by atoms with Crippen LogP contribution in [0.15, 0.2) is 48.5 Å². The summed E-state index contributed by atoms with van der Waals surface area (Å²) in [6.07, 6.45) is 0.0714. The van der Waals surface area contributed by atoms with Gasteiger partial charge in [0.15, 0.2) is 6.61 Å². The summed E-state index contributed by atoms with van der Waals surface area (Å²) >= 11 is 0. The molecule has 0 aliphatic carbocycles. The van der Waals surface area contributed by atoms with Gasteiger partial charge in [-0.05, 0) is 18.2 Å². The predicted octanol–water partition coefficient (Wildman–Crippen LogP) is 2.49. The minimum Gasteiger partial charge on any atom is -0.465 e. The van der Waals surface area contributed by atoms with E-state index in [0.29, 0.717) is 5.69 Å². The number of non-ortho nitro benzene ring substituents is 1. The van der Waals surface area contributed by atoms with Crippen molar-refractivity contribution in [3.8, 4) is 6.07 Å². The highest BCUT2D eigenvalue weighted by atomic mass is 16.6. The van der Waals surface area contributed by atoms with Gasteiger partial charge in [0.1, 0.15) is 0 Å². The maximum atomic E-state index is 12.5. The molecule has 0 atom stereocenters. The van der Waals surface area contributed by atoms with Gasteiger partial charge in [-0.25, -0.2) is 9.59 Å². The number of nitrogens with zero attached hydrogens (tertiary/aromatic N) is 3. The molecule has 0 saturated carbocycles. The second-order valence-electron chi connectivity index (χ2n) is 5.88. The Morgan fingerprint density at radius 1 is 1.10 bits per heavy atom. The first-order valence-corrected chi connectivity index (χ1v) is 8.64. The standard InChI is InChI=1S/C20H17N3O7/c1-29-19(25)14-10-15(12-17(11-14)23(27)28)20(26)30-13-18(24)22(9-5-8-21)16-6-3-2-4-7-16/h2-4,6-7,10-12H,5,9,13H2,1H3. The third kappa shape index (κ3) is 5.62. The Balaban J connectivity index is 2.18. The maximum absolute atomic E-state index is 12.5. The average molecular weight is 411 g/mol. The van der Waals surface area contributed by atoms with E-state index in [9.17, 15) is 24.5 Å². The quantitative estimate of drug-likeness (QED) is 0.367. The number of ether oxygens (including phenoxy) is 2. The zero-order chi connectivity index (χ0) is 22.1. The van der Waals surface area contributed by atoms with Crippen molar-refractivity contribution < 1.29 is 28.8 Å². The van der Waals surface area contributed by atoms with Crippen molar-refractivity contribution in [2.75, 3.05) is 25.2 Å². The number of methoxy groups -OCH3 is 1. The van der Waals surface area contributed by atoms with Gasteiger partial charge in [-0.15, -0.1) is 0 Å². The Bertz CT molecular complexity index is 999. The first kappa shape index (κ1) is 22.0. The summed E-state index contributed by atoms with van der Waals surface area (Å²) < 4.78 is 9.51. The van der Waals surface area contributed by atoms with Gasteiger partial charge in [0.2, 0.25) is 0 Å². The molecule has 30 heavy (non-hydrogen) atoms. The maximum Gasteiger partial charge on any atom is 0.338 e. The molecular formula is C20H17N3O7.